The highest BCUT2D eigenvalue weighted by molar-refractivity contribution is 5.28. The topological polar surface area (TPSA) is 69.8 Å². The first-order chi connectivity index (χ1) is 8.16. The van der Waals surface area contributed by atoms with Gasteiger partial charge in [0, 0.05) is 17.8 Å². The molecule has 0 radical (unpaired) electrons. The third-order valence-electron chi connectivity index (χ3n) is 3.41. The zero-order valence-corrected chi connectivity index (χ0v) is 10.5. The lowest BCUT2D eigenvalue weighted by Crippen LogP contribution is -2.31. The van der Waals surface area contributed by atoms with Gasteiger partial charge in [0.25, 0.3) is 5.56 Å². The lowest BCUT2D eigenvalue weighted by molar-refractivity contribution is 0.389. The van der Waals surface area contributed by atoms with Crippen LogP contribution in [0.4, 0.5) is 5.95 Å². The second-order valence-corrected chi connectivity index (χ2v) is 4.70. The first-order valence-electron chi connectivity index (χ1n) is 6.19. The highest BCUT2D eigenvalue weighted by Crippen LogP contribution is 2.12. The van der Waals surface area contributed by atoms with E-state index in [4.69, 9.17) is 0 Å². The van der Waals surface area contributed by atoms with Crippen molar-refractivity contribution in [3.05, 3.63) is 21.6 Å². The van der Waals surface area contributed by atoms with Crippen molar-refractivity contribution in [3.63, 3.8) is 0 Å². The number of aromatic nitrogens is 2. The molecule has 0 saturated carbocycles. The van der Waals surface area contributed by atoms with E-state index < -0.39 is 0 Å². The smallest absolute Gasteiger partial charge is 0.255 e. The van der Waals surface area contributed by atoms with E-state index >= 15 is 0 Å². The van der Waals surface area contributed by atoms with Crippen molar-refractivity contribution >= 4 is 5.95 Å². The standard InChI is InChI=1S/C12H20N4O/c1-8-9(2)15-12(16-11(8)17)14-7-10-3-5-13-6-4-10/h10,13H,3-7H2,1-2H3,(H2,14,15,16,17). The minimum atomic E-state index is -0.0506. The molecular weight excluding hydrogens is 216 g/mol. The summed E-state index contributed by atoms with van der Waals surface area (Å²) in [7, 11) is 0. The molecule has 1 aromatic rings. The molecule has 0 bridgehead atoms. The van der Waals surface area contributed by atoms with Crippen molar-refractivity contribution in [1.82, 2.24) is 15.3 Å². The Hall–Kier alpha value is -1.36. The van der Waals surface area contributed by atoms with Crippen LogP contribution in [0.15, 0.2) is 4.79 Å². The lowest BCUT2D eigenvalue weighted by atomic mass is 9.98. The van der Waals surface area contributed by atoms with Crippen LogP contribution in [0.1, 0.15) is 24.1 Å². The Kier molecular flexibility index (Phi) is 3.78. The van der Waals surface area contributed by atoms with E-state index in [1.165, 1.54) is 12.8 Å². The molecule has 0 aliphatic carbocycles. The molecule has 0 atom stereocenters. The number of hydrogen-bond acceptors (Lipinski definition) is 4. The largest absolute Gasteiger partial charge is 0.355 e. The van der Waals surface area contributed by atoms with Crippen LogP contribution >= 0.6 is 0 Å². The van der Waals surface area contributed by atoms with Crippen LogP contribution < -0.4 is 16.2 Å². The van der Waals surface area contributed by atoms with Gasteiger partial charge in [-0.25, -0.2) is 4.98 Å². The van der Waals surface area contributed by atoms with Gasteiger partial charge in [-0.2, -0.15) is 0 Å². The molecule has 0 amide bonds. The third kappa shape index (κ3) is 3.06. The fourth-order valence-corrected chi connectivity index (χ4v) is 2.06. The second-order valence-electron chi connectivity index (χ2n) is 4.70. The van der Waals surface area contributed by atoms with Crippen LogP contribution in [-0.2, 0) is 0 Å². The SMILES string of the molecule is Cc1nc(NCC2CCNCC2)[nH]c(=O)c1C. The van der Waals surface area contributed by atoms with Crippen LogP contribution in [-0.4, -0.2) is 29.6 Å². The average Bonchev–Trinajstić information content (AvgIpc) is 2.34. The number of piperidine rings is 1. The number of hydrogen-bond donors (Lipinski definition) is 3. The molecule has 2 heterocycles. The quantitative estimate of drug-likeness (QED) is 0.726. The predicted octanol–water partition coefficient (Wildman–Crippen LogP) is 0.798. The summed E-state index contributed by atoms with van der Waals surface area (Å²) in [5, 5.41) is 6.57. The van der Waals surface area contributed by atoms with Gasteiger partial charge in [0.2, 0.25) is 5.95 Å². The van der Waals surface area contributed by atoms with E-state index in [-0.39, 0.29) is 5.56 Å². The van der Waals surface area contributed by atoms with Gasteiger partial charge in [0.15, 0.2) is 0 Å². The van der Waals surface area contributed by atoms with Gasteiger partial charge in [-0.15, -0.1) is 0 Å². The molecule has 1 aliphatic heterocycles. The van der Waals surface area contributed by atoms with Crippen molar-refractivity contribution in [2.75, 3.05) is 25.0 Å². The van der Waals surface area contributed by atoms with Crippen molar-refractivity contribution in [2.45, 2.75) is 26.7 Å². The van der Waals surface area contributed by atoms with Crippen molar-refractivity contribution in [1.29, 1.82) is 0 Å². The van der Waals surface area contributed by atoms with E-state index in [1.54, 1.807) is 6.92 Å². The number of aryl methyl sites for hydroxylation is 1. The number of nitrogens with zero attached hydrogens (tertiary/aromatic N) is 1. The normalized spacial score (nSPS) is 17.1. The molecule has 0 unspecified atom stereocenters. The Bertz CT molecular complexity index is 435. The number of aromatic amines is 1. The van der Waals surface area contributed by atoms with Crippen LogP contribution in [0, 0.1) is 19.8 Å². The van der Waals surface area contributed by atoms with Gasteiger partial charge in [-0.3, -0.25) is 9.78 Å². The van der Waals surface area contributed by atoms with Gasteiger partial charge in [-0.1, -0.05) is 0 Å². The molecule has 3 N–H and O–H groups in total. The second kappa shape index (κ2) is 5.31. The van der Waals surface area contributed by atoms with Crippen molar-refractivity contribution in [3.8, 4) is 0 Å². The molecule has 0 aromatic carbocycles. The molecule has 1 saturated heterocycles. The summed E-state index contributed by atoms with van der Waals surface area (Å²) in [5.41, 5.74) is 1.43. The molecule has 1 aromatic heterocycles. The van der Waals surface area contributed by atoms with E-state index in [0.29, 0.717) is 17.4 Å². The molecule has 2 rings (SSSR count). The van der Waals surface area contributed by atoms with Crippen LogP contribution in [0.2, 0.25) is 0 Å². The zero-order valence-electron chi connectivity index (χ0n) is 10.5. The number of anilines is 1. The Balaban J connectivity index is 1.96. The summed E-state index contributed by atoms with van der Waals surface area (Å²) in [6.45, 7) is 6.71. The minimum Gasteiger partial charge on any atom is -0.355 e. The minimum absolute atomic E-state index is 0.0506. The molecule has 17 heavy (non-hydrogen) atoms. The van der Waals surface area contributed by atoms with Crippen molar-refractivity contribution in [2.24, 2.45) is 5.92 Å². The monoisotopic (exact) mass is 236 g/mol. The third-order valence-corrected chi connectivity index (χ3v) is 3.41. The Labute approximate surface area is 101 Å². The number of H-pyrrole nitrogens is 1. The summed E-state index contributed by atoms with van der Waals surface area (Å²) in [6, 6.07) is 0. The van der Waals surface area contributed by atoms with E-state index in [2.05, 4.69) is 20.6 Å². The van der Waals surface area contributed by atoms with Gasteiger partial charge < -0.3 is 10.6 Å². The van der Waals surface area contributed by atoms with Crippen molar-refractivity contribution < 1.29 is 0 Å². The van der Waals surface area contributed by atoms with Gasteiger partial charge in [0.05, 0.1) is 0 Å². The summed E-state index contributed by atoms with van der Waals surface area (Å²) in [4.78, 5) is 18.7. The maximum absolute atomic E-state index is 11.6. The van der Waals surface area contributed by atoms with Crippen LogP contribution in [0.5, 0.6) is 0 Å². The lowest BCUT2D eigenvalue weighted by Gasteiger charge is -2.22. The van der Waals surface area contributed by atoms with Crippen LogP contribution in [0.3, 0.4) is 0 Å². The van der Waals surface area contributed by atoms with Gasteiger partial charge in [0.1, 0.15) is 0 Å². The summed E-state index contributed by atoms with van der Waals surface area (Å²) >= 11 is 0. The first-order valence-corrected chi connectivity index (χ1v) is 6.19. The fraction of sp³-hybridized carbons (Fsp3) is 0.667. The van der Waals surface area contributed by atoms with Gasteiger partial charge >= 0.3 is 0 Å². The summed E-state index contributed by atoms with van der Waals surface area (Å²) < 4.78 is 0. The maximum atomic E-state index is 11.6. The number of nitrogens with one attached hydrogen (secondary N) is 3. The molecule has 0 spiro atoms. The summed E-state index contributed by atoms with van der Waals surface area (Å²) in [5.74, 6) is 1.26. The fourth-order valence-electron chi connectivity index (χ4n) is 2.06. The molecule has 5 heteroatoms. The van der Waals surface area contributed by atoms with E-state index in [0.717, 1.165) is 25.3 Å². The highest BCUT2D eigenvalue weighted by Gasteiger charge is 2.13. The molecule has 1 aliphatic rings. The van der Waals surface area contributed by atoms with E-state index in [1.807, 2.05) is 6.92 Å². The molecule has 94 valence electrons. The average molecular weight is 236 g/mol. The first kappa shape index (κ1) is 12.1. The highest BCUT2D eigenvalue weighted by atomic mass is 16.1. The maximum Gasteiger partial charge on any atom is 0.255 e. The van der Waals surface area contributed by atoms with Crippen LogP contribution in [0.25, 0.3) is 0 Å². The number of rotatable bonds is 3. The molecular formula is C12H20N4O. The summed E-state index contributed by atoms with van der Waals surface area (Å²) in [6.07, 6.45) is 2.37. The Morgan fingerprint density at radius 3 is 2.71 bits per heavy atom. The predicted molar refractivity (Wildman–Crippen MR) is 68.4 cm³/mol. The molecule has 1 fully saturated rings. The van der Waals surface area contributed by atoms with E-state index in [9.17, 15) is 4.79 Å². The molecule has 5 nitrogen and oxygen atoms in total. The Morgan fingerprint density at radius 2 is 2.06 bits per heavy atom. The van der Waals surface area contributed by atoms with Gasteiger partial charge in [-0.05, 0) is 45.7 Å². The zero-order chi connectivity index (χ0) is 12.3. The Morgan fingerprint density at radius 1 is 1.35 bits per heavy atom.